The molecule has 0 saturated carbocycles. The smallest absolute Gasteiger partial charge is 0.188 e. The number of aliphatic hydroxyl groups is 1. The van der Waals surface area contributed by atoms with Crippen LogP contribution in [0.25, 0.3) is 0 Å². The van der Waals surface area contributed by atoms with Gasteiger partial charge in [-0.25, -0.2) is 0 Å². The van der Waals surface area contributed by atoms with Crippen LogP contribution in [0.3, 0.4) is 0 Å². The van der Waals surface area contributed by atoms with Gasteiger partial charge in [-0.2, -0.15) is 0 Å². The van der Waals surface area contributed by atoms with Gasteiger partial charge in [0, 0.05) is 13.1 Å². The van der Waals surface area contributed by atoms with Gasteiger partial charge in [-0.15, -0.1) is 0 Å². The van der Waals surface area contributed by atoms with Crippen molar-refractivity contribution in [3.05, 3.63) is 0 Å². The van der Waals surface area contributed by atoms with Gasteiger partial charge in [0.15, 0.2) is 8.03 Å². The van der Waals surface area contributed by atoms with Crippen LogP contribution in [0, 0.1) is 0 Å². The molecule has 0 bridgehead atoms. The Labute approximate surface area is 54.9 Å². The molecule has 5 heteroatoms. The summed E-state index contributed by atoms with van der Waals surface area (Å²) in [6, 6.07) is 0. The van der Waals surface area contributed by atoms with Crippen LogP contribution < -0.4 is 5.73 Å². The molecule has 0 aliphatic rings. The van der Waals surface area contributed by atoms with Crippen molar-refractivity contribution in [2.75, 3.05) is 13.3 Å². The second-order valence-electron chi connectivity index (χ2n) is 1.70. The van der Waals surface area contributed by atoms with Gasteiger partial charge in [0.05, 0.1) is 6.61 Å². The molecule has 9 heavy (non-hydrogen) atoms. The van der Waals surface area contributed by atoms with Crippen LogP contribution in [-0.2, 0) is 9.09 Å². The minimum Gasteiger partial charge on any atom is -0.379 e. The van der Waals surface area contributed by atoms with E-state index in [1.54, 1.807) is 0 Å². The minimum absolute atomic E-state index is 0.270. The SMILES string of the molecule is C[PH](=O)OCCC(N)O. The Balaban J connectivity index is 3.01. The molecule has 0 radical (unpaired) electrons. The van der Waals surface area contributed by atoms with Gasteiger partial charge in [0.2, 0.25) is 0 Å². The van der Waals surface area contributed by atoms with Crippen molar-refractivity contribution in [3.8, 4) is 0 Å². The van der Waals surface area contributed by atoms with E-state index in [0.29, 0.717) is 6.42 Å². The van der Waals surface area contributed by atoms with E-state index in [9.17, 15) is 4.57 Å². The molecule has 3 N–H and O–H groups in total. The first-order valence-corrected chi connectivity index (χ1v) is 4.51. The average molecular weight is 153 g/mol. The van der Waals surface area contributed by atoms with Crippen molar-refractivity contribution in [1.82, 2.24) is 0 Å². The molecule has 2 unspecified atom stereocenters. The van der Waals surface area contributed by atoms with Gasteiger partial charge in [-0.1, -0.05) is 0 Å². The predicted octanol–water partition coefficient (Wildman–Crippen LogP) is -0.225. The van der Waals surface area contributed by atoms with Crippen LogP contribution >= 0.6 is 8.03 Å². The van der Waals surface area contributed by atoms with E-state index in [1.807, 2.05) is 0 Å². The molecule has 0 saturated heterocycles. The van der Waals surface area contributed by atoms with Crippen molar-refractivity contribution in [3.63, 3.8) is 0 Å². The lowest BCUT2D eigenvalue weighted by atomic mass is 10.4. The van der Waals surface area contributed by atoms with E-state index in [-0.39, 0.29) is 6.61 Å². The molecular weight excluding hydrogens is 141 g/mol. The molecule has 0 aromatic rings. The lowest BCUT2D eigenvalue weighted by Gasteiger charge is -2.02. The van der Waals surface area contributed by atoms with E-state index < -0.39 is 14.3 Å². The largest absolute Gasteiger partial charge is 0.379 e. The number of hydrogen-bond acceptors (Lipinski definition) is 4. The Morgan fingerprint density at radius 3 is 2.78 bits per heavy atom. The molecule has 0 spiro atoms. The van der Waals surface area contributed by atoms with Crippen molar-refractivity contribution in [2.45, 2.75) is 12.6 Å². The predicted molar refractivity (Wildman–Crippen MR) is 35.7 cm³/mol. The molecule has 0 aromatic heterocycles. The van der Waals surface area contributed by atoms with Crippen LogP contribution in [0.4, 0.5) is 0 Å². The van der Waals surface area contributed by atoms with Crippen LogP contribution in [0.15, 0.2) is 0 Å². The number of hydrogen-bond donors (Lipinski definition) is 2. The van der Waals surface area contributed by atoms with Crippen molar-refractivity contribution < 1.29 is 14.2 Å². The third-order valence-electron chi connectivity index (χ3n) is 0.719. The highest BCUT2D eigenvalue weighted by Gasteiger charge is 1.95. The highest BCUT2D eigenvalue weighted by Crippen LogP contribution is 2.14. The fourth-order valence-electron chi connectivity index (χ4n) is 0.323. The summed E-state index contributed by atoms with van der Waals surface area (Å²) < 4.78 is 14.9. The van der Waals surface area contributed by atoms with E-state index in [4.69, 9.17) is 10.8 Å². The highest BCUT2D eigenvalue weighted by atomic mass is 31.1. The van der Waals surface area contributed by atoms with Gasteiger partial charge >= 0.3 is 0 Å². The third-order valence-corrected chi connectivity index (χ3v) is 1.33. The molecule has 2 atom stereocenters. The summed E-state index contributed by atoms with van der Waals surface area (Å²) in [5, 5.41) is 8.47. The van der Waals surface area contributed by atoms with E-state index in [0.717, 1.165) is 0 Å². The van der Waals surface area contributed by atoms with Crippen molar-refractivity contribution >= 4 is 8.03 Å². The van der Waals surface area contributed by atoms with Crippen molar-refractivity contribution in [1.29, 1.82) is 0 Å². The van der Waals surface area contributed by atoms with Crippen LogP contribution in [0.1, 0.15) is 6.42 Å². The third kappa shape index (κ3) is 8.11. The molecule has 0 rings (SSSR count). The standard InChI is InChI=1S/C4H12NO3P/c1-9(7)8-3-2-4(5)6/h4,6,9H,2-3,5H2,1H3. The minimum atomic E-state index is -1.85. The van der Waals surface area contributed by atoms with E-state index in [2.05, 4.69) is 4.52 Å². The summed E-state index contributed by atoms with van der Waals surface area (Å²) in [4.78, 5) is 0. The number of nitrogens with two attached hydrogens (primary N) is 1. The zero-order valence-corrected chi connectivity index (χ0v) is 6.33. The number of aliphatic hydroxyl groups excluding tert-OH is 1. The van der Waals surface area contributed by atoms with E-state index >= 15 is 0 Å². The summed E-state index contributed by atoms with van der Waals surface area (Å²) >= 11 is 0. The zero-order chi connectivity index (χ0) is 7.28. The molecule has 0 aromatic carbocycles. The summed E-state index contributed by atoms with van der Waals surface area (Å²) in [5.74, 6) is 0. The summed E-state index contributed by atoms with van der Waals surface area (Å²) in [6.45, 7) is 1.76. The van der Waals surface area contributed by atoms with Crippen LogP contribution in [0.2, 0.25) is 0 Å². The van der Waals surface area contributed by atoms with Gasteiger partial charge in [0.25, 0.3) is 0 Å². The van der Waals surface area contributed by atoms with Gasteiger partial charge < -0.3 is 15.4 Å². The van der Waals surface area contributed by atoms with Crippen LogP contribution in [-0.4, -0.2) is 24.6 Å². The Bertz CT molecular complexity index is 95.8. The molecule has 56 valence electrons. The maximum Gasteiger partial charge on any atom is 0.188 e. The fraction of sp³-hybridized carbons (Fsp3) is 1.00. The average Bonchev–Trinajstić information content (AvgIpc) is 1.63. The monoisotopic (exact) mass is 153 g/mol. The molecule has 0 heterocycles. The number of rotatable bonds is 4. The second-order valence-corrected chi connectivity index (χ2v) is 2.97. The normalized spacial score (nSPS) is 17.2. The molecule has 0 aliphatic carbocycles. The molecule has 0 fully saturated rings. The quantitative estimate of drug-likeness (QED) is 0.432. The maximum atomic E-state index is 10.3. The Kier molecular flexibility index (Phi) is 5.00. The Morgan fingerprint density at radius 2 is 2.44 bits per heavy atom. The van der Waals surface area contributed by atoms with Gasteiger partial charge in [0.1, 0.15) is 6.23 Å². The summed E-state index contributed by atoms with van der Waals surface area (Å²) in [7, 11) is -1.85. The molecule has 4 nitrogen and oxygen atoms in total. The summed E-state index contributed by atoms with van der Waals surface area (Å²) in [6.07, 6.45) is -0.518. The van der Waals surface area contributed by atoms with Crippen LogP contribution in [0.5, 0.6) is 0 Å². The molecular formula is C4H12NO3P. The van der Waals surface area contributed by atoms with Crippen molar-refractivity contribution in [2.24, 2.45) is 5.73 Å². The first-order chi connectivity index (χ1) is 4.13. The first-order valence-electron chi connectivity index (χ1n) is 2.70. The van der Waals surface area contributed by atoms with Gasteiger partial charge in [-0.3, -0.25) is 4.57 Å². The Morgan fingerprint density at radius 1 is 1.89 bits per heavy atom. The Hall–Kier alpha value is 0.110. The fourth-order valence-corrected chi connectivity index (χ4v) is 0.729. The first kappa shape index (κ1) is 9.11. The maximum absolute atomic E-state index is 10.3. The zero-order valence-electron chi connectivity index (χ0n) is 5.33. The van der Waals surface area contributed by atoms with E-state index in [1.165, 1.54) is 6.66 Å². The van der Waals surface area contributed by atoms with Gasteiger partial charge in [-0.05, 0) is 0 Å². The molecule has 0 aliphatic heterocycles. The lowest BCUT2D eigenvalue weighted by Crippen LogP contribution is -2.19. The second kappa shape index (κ2) is 4.94. The molecule has 0 amide bonds. The topological polar surface area (TPSA) is 72.5 Å². The lowest BCUT2D eigenvalue weighted by molar-refractivity contribution is 0.148. The highest BCUT2D eigenvalue weighted by molar-refractivity contribution is 7.38. The summed E-state index contributed by atoms with van der Waals surface area (Å²) in [5.41, 5.74) is 4.96.